The number of aliphatic hydroxyl groups excluding tert-OH is 1. The highest BCUT2D eigenvalue weighted by atomic mass is 35.5. The quantitative estimate of drug-likeness (QED) is 0.0283. The number of phenolic OH excluding ortho intramolecular Hbond substituents is 1. The number of hydrogen-bond acceptors (Lipinski definition) is 19. The first-order valence-corrected chi connectivity index (χ1v) is 44.2. The molecule has 3 aromatic rings. The van der Waals surface area contributed by atoms with Gasteiger partial charge in [0, 0.05) is 119 Å². The number of fused-ring (bicyclic) bond motifs is 1. The monoisotopic (exact) mass is 1770 g/mol. The minimum atomic E-state index is -1.81. The minimum Gasteiger partial charge on any atom is -0.507 e. The van der Waals surface area contributed by atoms with Crippen LogP contribution in [0.5, 0.6) is 5.75 Å². The van der Waals surface area contributed by atoms with Crippen LogP contribution in [-0.2, 0) is 73.5 Å². The van der Waals surface area contributed by atoms with E-state index in [9.17, 15) is 58.2 Å². The fraction of sp³-hybridized carbons (Fsp3) is 0.667. The number of aromatic hydroxyl groups is 1. The molecule has 0 radical (unpaired) electrons. The molecule has 7 N–H and O–H groups in total. The molecule has 35 heteroatoms. The highest BCUT2D eigenvalue weighted by molar-refractivity contribution is 6.34. The first-order valence-electron chi connectivity index (χ1n) is 43.8. The lowest BCUT2D eigenvalue weighted by atomic mass is 9.90. The molecule has 2 aromatic carbocycles. The Hall–Kier alpha value is -9.99. The van der Waals surface area contributed by atoms with Gasteiger partial charge in [-0.3, -0.25) is 67.1 Å². The molecule has 13 amide bonds. The molecular formula is C90H139ClF2N16O16. The van der Waals surface area contributed by atoms with Crippen LogP contribution >= 0.6 is 11.6 Å². The van der Waals surface area contributed by atoms with Gasteiger partial charge in [0.25, 0.3) is 0 Å². The van der Waals surface area contributed by atoms with Gasteiger partial charge in [0.15, 0.2) is 5.82 Å². The molecule has 5 rings (SSSR count). The zero-order valence-corrected chi connectivity index (χ0v) is 78.3. The number of anilines is 1. The van der Waals surface area contributed by atoms with Crippen molar-refractivity contribution in [3.63, 3.8) is 0 Å². The molecule has 2 aliphatic rings. The standard InChI is InChI=1S/C90H139ClF2N16O16/c1-25-62-86(121)101(18)48-71(114)102(19)63(43-49(3)4)83(118)100-75(53(11)12)89(124)103(20)64(44-50(5)6)82(117)95-56(16)81(116)96-57(17)85(120)104(21)65(45-51(7)8)87(122)105(22)66(46-52(9)10)88(123)106(23)77(54(13)14)90(125)107(24)78(84(119)97-62)79(115)55(15)31-27-37-69(112)94-38-30-33-58(110)32-28-36-68-98-76-59(80(99-68)109-41-39-108(40-42-109)70(113)26-2)47-60(91)72(74(76)93)73-61(92)34-29-35-67(73)111/h26,29,34-35,47,49-57,62-66,75,77-79,111,115H,2,25,27-28,30-33,36-46,48H2,1,3-24H3,(H,94,112)(H,95,117)(H,96,116)(H,97,119)(H,100,118)/t55-,56+,57-,62+,63+,64+,65+,66+,75+,77+,78+,79-/m1/s1. The number of ketones is 1. The number of carbonyl (C=O) groups excluding carboxylic acids is 14. The summed E-state index contributed by atoms with van der Waals surface area (Å²) < 4.78 is 32.1. The van der Waals surface area contributed by atoms with Crippen LogP contribution in [0.3, 0.4) is 0 Å². The SMILES string of the molecule is C=CC(=O)N1CCN(c2nc(CCCC(=O)CCCNC(=O)CCC[C@@H](C)[C@@H](O)[C@H]3C(=O)N[C@@H](CC)C(=O)N(C)CC(=O)N(C)[C@@H](CC(C)C)C(=O)N[C@@H](C(C)C)C(=O)N(C)[C@@H](CC(C)C)C(=O)N[C@@H](C)C(=O)N[C@H](C)C(=O)N(C)[C@@H](CC(C)C)C(=O)N(C)[C@@H](CC(C)C)C(=O)N(C)[C@@H](C(C)C)C(=O)N3C)nc3c(F)c(-c4c(O)cccc4F)c(Cl)cc23)CC1. The van der Waals surface area contributed by atoms with Crippen LogP contribution in [0.1, 0.15) is 194 Å². The molecule has 0 unspecified atom stereocenters. The number of rotatable bonds is 28. The molecule has 0 saturated carbocycles. The summed E-state index contributed by atoms with van der Waals surface area (Å²) in [5, 5.41) is 37.1. The number of aromatic nitrogens is 2. The van der Waals surface area contributed by atoms with Crippen molar-refractivity contribution < 1.29 is 86.1 Å². The van der Waals surface area contributed by atoms with Gasteiger partial charge in [-0.15, -0.1) is 0 Å². The van der Waals surface area contributed by atoms with Gasteiger partial charge in [0.05, 0.1) is 23.2 Å². The van der Waals surface area contributed by atoms with Crippen molar-refractivity contribution in [2.24, 2.45) is 41.4 Å². The Morgan fingerprint density at radius 2 is 1.10 bits per heavy atom. The van der Waals surface area contributed by atoms with E-state index in [2.05, 4.69) is 38.1 Å². The minimum absolute atomic E-state index is 0.0602. The molecule has 0 spiro atoms. The molecule has 3 heterocycles. The van der Waals surface area contributed by atoms with Crippen LogP contribution in [-0.4, -0.2) is 297 Å². The van der Waals surface area contributed by atoms with Crippen molar-refractivity contribution in [1.82, 2.24) is 75.8 Å². The van der Waals surface area contributed by atoms with Crippen LogP contribution < -0.4 is 31.5 Å². The summed E-state index contributed by atoms with van der Waals surface area (Å²) in [5.74, 6) is -13.9. The van der Waals surface area contributed by atoms with Gasteiger partial charge in [-0.2, -0.15) is 0 Å². The Balaban J connectivity index is 1.44. The lowest BCUT2D eigenvalue weighted by molar-refractivity contribution is -0.157. The first-order chi connectivity index (χ1) is 58.4. The number of piperazine rings is 1. The second-order valence-electron chi connectivity index (χ2n) is 36.1. The van der Waals surface area contributed by atoms with Gasteiger partial charge < -0.3 is 80.9 Å². The third-order valence-corrected chi connectivity index (χ3v) is 23.7. The molecule has 2 saturated heterocycles. The average Bonchev–Trinajstić information content (AvgIpc) is 0.746. The molecule has 1 aromatic heterocycles. The van der Waals surface area contributed by atoms with E-state index in [1.807, 2.05) is 60.3 Å². The van der Waals surface area contributed by atoms with Crippen molar-refractivity contribution in [3.8, 4) is 16.9 Å². The summed E-state index contributed by atoms with van der Waals surface area (Å²) in [4.78, 5) is 224. The Morgan fingerprint density at radius 1 is 0.584 bits per heavy atom. The van der Waals surface area contributed by atoms with Crippen LogP contribution in [0.25, 0.3) is 22.0 Å². The predicted molar refractivity (Wildman–Crippen MR) is 474 cm³/mol. The van der Waals surface area contributed by atoms with Crippen LogP contribution in [0.4, 0.5) is 14.6 Å². The number of likely N-dealkylation sites (N-methyl/N-ethyl adjacent to an activating group) is 7. The number of aryl methyl sites for hydroxylation is 1. The Labute approximate surface area is 741 Å². The molecule has 696 valence electrons. The first kappa shape index (κ1) is 106. The van der Waals surface area contributed by atoms with Crippen LogP contribution in [0.2, 0.25) is 5.02 Å². The fourth-order valence-corrected chi connectivity index (χ4v) is 16.2. The average molecular weight is 1770 g/mol. The molecule has 0 aliphatic carbocycles. The van der Waals surface area contributed by atoms with E-state index in [0.717, 1.165) is 15.9 Å². The van der Waals surface area contributed by atoms with E-state index in [-0.39, 0.29) is 147 Å². The summed E-state index contributed by atoms with van der Waals surface area (Å²) in [6.45, 7) is 31.7. The summed E-state index contributed by atoms with van der Waals surface area (Å²) >= 11 is 6.66. The number of halogens is 3. The molecule has 0 bridgehead atoms. The molecule has 2 aliphatic heterocycles. The summed E-state index contributed by atoms with van der Waals surface area (Å²) in [6, 6.07) is -8.33. The maximum absolute atomic E-state index is 16.8. The zero-order valence-electron chi connectivity index (χ0n) is 77.6. The molecular weight excluding hydrogens is 1630 g/mol. The number of nitrogens with zero attached hydrogens (tertiary/aromatic N) is 11. The van der Waals surface area contributed by atoms with E-state index in [1.165, 1.54) is 112 Å². The number of hydrogen-bond donors (Lipinski definition) is 7. The number of Topliss-reactive ketones (excluding diaryl/α,β-unsaturated/α-hetero) is 1. The van der Waals surface area contributed by atoms with Crippen molar-refractivity contribution in [2.45, 2.75) is 261 Å². The maximum Gasteiger partial charge on any atom is 0.246 e. The topological polar surface area (TPSA) is 395 Å². The van der Waals surface area contributed by atoms with Crippen molar-refractivity contribution in [2.75, 3.05) is 93.5 Å². The number of benzene rings is 2. The lowest BCUT2D eigenvalue weighted by Crippen LogP contribution is -2.63. The maximum atomic E-state index is 16.8. The molecule has 125 heavy (non-hydrogen) atoms. The third-order valence-electron chi connectivity index (χ3n) is 23.4. The Kier molecular flexibility index (Phi) is 40.6. The van der Waals surface area contributed by atoms with Crippen molar-refractivity contribution in [3.05, 3.63) is 59.4 Å². The van der Waals surface area contributed by atoms with E-state index in [0.29, 0.717) is 32.0 Å². The van der Waals surface area contributed by atoms with Gasteiger partial charge in [-0.25, -0.2) is 18.7 Å². The largest absolute Gasteiger partial charge is 0.507 e. The van der Waals surface area contributed by atoms with Crippen molar-refractivity contribution >= 4 is 111 Å². The second-order valence-corrected chi connectivity index (χ2v) is 36.5. The van der Waals surface area contributed by atoms with E-state index >= 15 is 28.0 Å². The van der Waals surface area contributed by atoms with Gasteiger partial charge in [-0.05, 0) is 137 Å². The molecule has 12 atom stereocenters. The van der Waals surface area contributed by atoms with Crippen LogP contribution in [0.15, 0.2) is 36.9 Å². The van der Waals surface area contributed by atoms with Gasteiger partial charge in [0.1, 0.15) is 94.9 Å². The van der Waals surface area contributed by atoms with Crippen LogP contribution in [0, 0.1) is 53.1 Å². The smallest absolute Gasteiger partial charge is 0.246 e. The fourth-order valence-electron chi connectivity index (χ4n) is 16.0. The highest BCUT2D eigenvalue weighted by Crippen LogP contribution is 2.43. The van der Waals surface area contributed by atoms with E-state index in [4.69, 9.17) is 16.6 Å². The van der Waals surface area contributed by atoms with Crippen molar-refractivity contribution in [1.29, 1.82) is 0 Å². The Bertz CT molecular complexity index is 4310. The third kappa shape index (κ3) is 28.3. The van der Waals surface area contributed by atoms with Gasteiger partial charge in [0.2, 0.25) is 76.8 Å². The normalized spacial score (nSPS) is 22.7. The second kappa shape index (κ2) is 48.1. The summed E-state index contributed by atoms with van der Waals surface area (Å²) in [5.41, 5.74) is -1.05. The molecule has 2 fully saturated rings. The number of amides is 13. The lowest BCUT2D eigenvalue weighted by Gasteiger charge is -2.41. The predicted octanol–water partition coefficient (Wildman–Crippen LogP) is 7.04. The van der Waals surface area contributed by atoms with E-state index in [1.54, 1.807) is 46.4 Å². The highest BCUT2D eigenvalue weighted by Gasteiger charge is 2.46. The molecule has 32 nitrogen and oxygen atoms in total. The van der Waals surface area contributed by atoms with Gasteiger partial charge >= 0.3 is 0 Å². The number of aliphatic hydroxyl groups is 1. The number of nitrogens with one attached hydrogen (secondary N) is 5. The summed E-state index contributed by atoms with van der Waals surface area (Å²) in [6.07, 6.45) is 0.672. The Morgan fingerprint density at radius 3 is 1.65 bits per heavy atom. The number of carbonyl (C=O) groups is 14. The summed E-state index contributed by atoms with van der Waals surface area (Å²) in [7, 11) is 9.61. The number of phenols is 1. The zero-order chi connectivity index (χ0) is 94.4. The van der Waals surface area contributed by atoms with E-state index < -0.39 is 190 Å². The van der Waals surface area contributed by atoms with Gasteiger partial charge in [-0.1, -0.05) is 121 Å².